The molecule has 0 aromatic carbocycles. The molecule has 122 valence electrons. The van der Waals surface area contributed by atoms with Gasteiger partial charge in [0.05, 0.1) is 36.5 Å². The summed E-state index contributed by atoms with van der Waals surface area (Å²) in [6.07, 6.45) is 8.85. The highest BCUT2D eigenvalue weighted by molar-refractivity contribution is 6.32. The molecule has 3 rings (SSSR count). The van der Waals surface area contributed by atoms with E-state index in [1.807, 2.05) is 6.08 Å². The molecule has 2 aliphatic rings. The summed E-state index contributed by atoms with van der Waals surface area (Å²) in [5, 5.41) is 3.84. The zero-order valence-corrected chi connectivity index (χ0v) is 13.7. The largest absolute Gasteiger partial charge is 0.469 e. The smallest absolute Gasteiger partial charge is 0.308 e. The van der Waals surface area contributed by atoms with Crippen molar-refractivity contribution in [2.75, 3.05) is 19.0 Å². The van der Waals surface area contributed by atoms with Gasteiger partial charge in [-0.2, -0.15) is 0 Å². The normalized spacial score (nSPS) is 23.5. The van der Waals surface area contributed by atoms with Gasteiger partial charge in [0, 0.05) is 17.8 Å². The average Bonchev–Trinajstić information content (AvgIpc) is 3.10. The van der Waals surface area contributed by atoms with Crippen molar-refractivity contribution in [2.24, 2.45) is 10.9 Å². The molecule has 0 radical (unpaired) electrons. The Morgan fingerprint density at radius 2 is 2.30 bits per heavy atom. The van der Waals surface area contributed by atoms with Crippen molar-refractivity contribution < 1.29 is 9.53 Å². The van der Waals surface area contributed by atoms with E-state index in [1.54, 1.807) is 12.4 Å². The van der Waals surface area contributed by atoms with E-state index in [2.05, 4.69) is 20.3 Å². The summed E-state index contributed by atoms with van der Waals surface area (Å²) in [6.45, 7) is 0.587. The lowest BCUT2D eigenvalue weighted by Gasteiger charge is -2.28. The summed E-state index contributed by atoms with van der Waals surface area (Å²) in [7, 11) is 1.44. The number of esters is 1. The predicted molar refractivity (Wildman–Crippen MR) is 89.8 cm³/mol. The number of hydrogen-bond donors (Lipinski definition) is 1. The van der Waals surface area contributed by atoms with Gasteiger partial charge < -0.3 is 10.1 Å². The fraction of sp³-hybridized carbons (Fsp3) is 0.500. The van der Waals surface area contributed by atoms with Crippen LogP contribution in [0.1, 0.15) is 31.4 Å². The zero-order chi connectivity index (χ0) is 16.2. The highest BCUT2D eigenvalue weighted by Crippen LogP contribution is 2.28. The summed E-state index contributed by atoms with van der Waals surface area (Å²) < 4.78 is 4.85. The third kappa shape index (κ3) is 3.69. The molecule has 23 heavy (non-hydrogen) atoms. The molecule has 1 fully saturated rings. The second-order valence-electron chi connectivity index (χ2n) is 5.80. The van der Waals surface area contributed by atoms with Crippen LogP contribution in [-0.4, -0.2) is 41.8 Å². The van der Waals surface area contributed by atoms with E-state index >= 15 is 0 Å². The summed E-state index contributed by atoms with van der Waals surface area (Å²) in [5.74, 6) is 0.346. The van der Waals surface area contributed by atoms with Gasteiger partial charge in [-0.1, -0.05) is 18.0 Å². The average molecular weight is 335 g/mol. The van der Waals surface area contributed by atoms with Crippen molar-refractivity contribution >= 4 is 35.3 Å². The first-order chi connectivity index (χ1) is 11.2. The van der Waals surface area contributed by atoms with Crippen LogP contribution in [0.2, 0.25) is 5.02 Å². The minimum atomic E-state index is -0.137. The summed E-state index contributed by atoms with van der Waals surface area (Å²) in [4.78, 5) is 24.7. The standard InChI is InChI=1S/C16H19ClN4O2/c1-23-15(22)10-3-2-4-12(7-10)20-16-19-9-13(17)14(21-16)11-5-6-18-8-11/h5-6,9-10,12H,2-4,7-8H2,1H3,(H,19,20,21)/t10-,12+/m0/s1. The van der Waals surface area contributed by atoms with Crippen LogP contribution in [0.15, 0.2) is 17.3 Å². The van der Waals surface area contributed by atoms with Crippen LogP contribution in [0.25, 0.3) is 5.57 Å². The van der Waals surface area contributed by atoms with Crippen molar-refractivity contribution in [3.8, 4) is 0 Å². The van der Waals surface area contributed by atoms with Gasteiger partial charge >= 0.3 is 5.97 Å². The van der Waals surface area contributed by atoms with Crippen LogP contribution >= 0.6 is 11.6 Å². The molecule has 1 aliphatic carbocycles. The monoisotopic (exact) mass is 334 g/mol. The van der Waals surface area contributed by atoms with Gasteiger partial charge in [0.2, 0.25) is 5.95 Å². The van der Waals surface area contributed by atoms with Gasteiger partial charge in [-0.05, 0) is 25.3 Å². The maximum Gasteiger partial charge on any atom is 0.308 e. The number of carbonyl (C=O) groups excluding carboxylic acids is 1. The highest BCUT2D eigenvalue weighted by atomic mass is 35.5. The maximum absolute atomic E-state index is 11.7. The third-order valence-corrected chi connectivity index (χ3v) is 4.51. The molecule has 7 heteroatoms. The van der Waals surface area contributed by atoms with Crippen molar-refractivity contribution in [3.05, 3.63) is 23.0 Å². The van der Waals surface area contributed by atoms with Gasteiger partial charge in [-0.3, -0.25) is 9.79 Å². The number of rotatable bonds is 4. The molecule has 0 saturated heterocycles. The molecule has 1 aromatic heterocycles. The Morgan fingerprint density at radius 1 is 1.43 bits per heavy atom. The van der Waals surface area contributed by atoms with Crippen LogP contribution in [0.4, 0.5) is 5.95 Å². The molecule has 2 heterocycles. The van der Waals surface area contributed by atoms with Crippen LogP contribution in [0, 0.1) is 5.92 Å². The number of nitrogens with zero attached hydrogens (tertiary/aromatic N) is 3. The Labute approximate surface area is 140 Å². The maximum atomic E-state index is 11.7. The van der Waals surface area contributed by atoms with E-state index in [4.69, 9.17) is 16.3 Å². The molecule has 1 aromatic rings. The number of carbonyl (C=O) groups is 1. The van der Waals surface area contributed by atoms with Crippen LogP contribution in [-0.2, 0) is 9.53 Å². The van der Waals surface area contributed by atoms with Gasteiger partial charge in [0.1, 0.15) is 0 Å². The Bertz CT molecular complexity index is 659. The number of allylic oxidation sites excluding steroid dienone is 1. The predicted octanol–water partition coefficient (Wildman–Crippen LogP) is 2.74. The van der Waals surface area contributed by atoms with Gasteiger partial charge in [-0.25, -0.2) is 9.97 Å². The first-order valence-corrected chi connectivity index (χ1v) is 8.11. The van der Waals surface area contributed by atoms with Crippen molar-refractivity contribution in [1.29, 1.82) is 0 Å². The Balaban J connectivity index is 1.70. The van der Waals surface area contributed by atoms with E-state index in [0.29, 0.717) is 23.2 Å². The highest BCUT2D eigenvalue weighted by Gasteiger charge is 2.28. The molecule has 0 bridgehead atoms. The molecule has 1 aliphatic heterocycles. The van der Waals surface area contributed by atoms with E-state index in [9.17, 15) is 4.79 Å². The first-order valence-electron chi connectivity index (χ1n) is 7.73. The van der Waals surface area contributed by atoms with E-state index in [1.165, 1.54) is 7.11 Å². The lowest BCUT2D eigenvalue weighted by molar-refractivity contribution is -0.146. The summed E-state index contributed by atoms with van der Waals surface area (Å²) >= 11 is 6.19. The van der Waals surface area contributed by atoms with Crippen LogP contribution in [0.3, 0.4) is 0 Å². The second-order valence-corrected chi connectivity index (χ2v) is 6.21. The van der Waals surface area contributed by atoms with E-state index in [-0.39, 0.29) is 17.9 Å². The van der Waals surface area contributed by atoms with Gasteiger partial charge in [-0.15, -0.1) is 0 Å². The van der Waals surface area contributed by atoms with Crippen molar-refractivity contribution in [3.63, 3.8) is 0 Å². The van der Waals surface area contributed by atoms with Crippen LogP contribution < -0.4 is 5.32 Å². The van der Waals surface area contributed by atoms with E-state index < -0.39 is 0 Å². The molecular formula is C16H19ClN4O2. The zero-order valence-electron chi connectivity index (χ0n) is 13.0. The molecule has 0 amide bonds. The second kappa shape index (κ2) is 7.08. The number of halogens is 1. The molecule has 1 N–H and O–H groups in total. The Hall–Kier alpha value is -1.95. The SMILES string of the molecule is COC(=O)[C@H]1CCC[C@@H](Nc2ncc(Cl)c(C3=CC=NC3)n2)C1. The minimum absolute atomic E-state index is 0.0519. The quantitative estimate of drug-likeness (QED) is 0.857. The Kier molecular flexibility index (Phi) is 4.91. The number of nitrogens with one attached hydrogen (secondary N) is 1. The molecule has 6 nitrogen and oxygen atoms in total. The number of methoxy groups -OCH3 is 1. The summed E-state index contributed by atoms with van der Waals surface area (Å²) in [6, 6.07) is 0.163. The fourth-order valence-electron chi connectivity index (χ4n) is 3.05. The molecular weight excluding hydrogens is 316 g/mol. The third-order valence-electron chi connectivity index (χ3n) is 4.23. The van der Waals surface area contributed by atoms with Crippen LogP contribution in [0.5, 0.6) is 0 Å². The fourth-order valence-corrected chi connectivity index (χ4v) is 3.26. The Morgan fingerprint density at radius 3 is 3.04 bits per heavy atom. The number of anilines is 1. The van der Waals surface area contributed by atoms with Crippen molar-refractivity contribution in [1.82, 2.24) is 9.97 Å². The van der Waals surface area contributed by atoms with Gasteiger partial charge in [0.15, 0.2) is 0 Å². The lowest BCUT2D eigenvalue weighted by atomic mass is 9.86. The molecule has 0 spiro atoms. The molecule has 0 unspecified atom stereocenters. The first kappa shape index (κ1) is 15.9. The van der Waals surface area contributed by atoms with E-state index in [0.717, 1.165) is 31.3 Å². The number of aliphatic imine (C=N–C) groups is 1. The molecule has 2 atom stereocenters. The number of ether oxygens (including phenoxy) is 1. The number of hydrogen-bond acceptors (Lipinski definition) is 6. The van der Waals surface area contributed by atoms with Gasteiger partial charge in [0.25, 0.3) is 0 Å². The minimum Gasteiger partial charge on any atom is -0.469 e. The number of aromatic nitrogens is 2. The van der Waals surface area contributed by atoms with Crippen molar-refractivity contribution in [2.45, 2.75) is 31.7 Å². The molecule has 1 saturated carbocycles. The summed E-state index contributed by atoms with van der Waals surface area (Å²) in [5.41, 5.74) is 1.69. The topological polar surface area (TPSA) is 76.5 Å². The lowest BCUT2D eigenvalue weighted by Crippen LogP contribution is -2.32.